The van der Waals surface area contributed by atoms with E-state index in [-0.39, 0.29) is 48.5 Å². The van der Waals surface area contributed by atoms with Crippen molar-refractivity contribution in [3.8, 4) is 0 Å². The van der Waals surface area contributed by atoms with E-state index in [1.165, 1.54) is 0 Å². The van der Waals surface area contributed by atoms with E-state index >= 15 is 0 Å². The first-order chi connectivity index (χ1) is 7.88. The Bertz CT molecular complexity index is 267. The van der Waals surface area contributed by atoms with Gasteiger partial charge in [-0.1, -0.05) is 20.8 Å². The van der Waals surface area contributed by atoms with Gasteiger partial charge < -0.3 is 15.2 Å². The van der Waals surface area contributed by atoms with E-state index in [1.807, 2.05) is 34.6 Å². The minimum absolute atomic E-state index is 0.00194. The fraction of sp³-hybridized carbons (Fsp3) is 0.923. The van der Waals surface area contributed by atoms with Crippen LogP contribution in [0.4, 0.5) is 0 Å². The van der Waals surface area contributed by atoms with Crippen molar-refractivity contribution in [2.45, 2.75) is 52.9 Å². The molecule has 0 aromatic rings. The third-order valence-corrected chi connectivity index (χ3v) is 3.87. The second-order valence-corrected chi connectivity index (χ2v) is 5.47. The lowest BCUT2D eigenvalue weighted by molar-refractivity contribution is -0.128. The highest BCUT2D eigenvalue weighted by Crippen LogP contribution is 2.32. The highest BCUT2D eigenvalue weighted by atomic mass is 16.5. The quantitative estimate of drug-likeness (QED) is 0.779. The van der Waals surface area contributed by atoms with E-state index in [4.69, 9.17) is 4.74 Å². The predicted molar refractivity (Wildman–Crippen MR) is 66.5 cm³/mol. The molecular formula is C13H25NO3. The fourth-order valence-corrected chi connectivity index (χ4v) is 2.42. The number of amides is 1. The number of hydrogen-bond donors (Lipinski definition) is 2. The molecule has 0 aromatic carbocycles. The number of rotatable bonds is 4. The third-order valence-electron chi connectivity index (χ3n) is 3.87. The summed E-state index contributed by atoms with van der Waals surface area (Å²) in [7, 11) is 0. The molecule has 0 aromatic heterocycles. The normalized spacial score (nSPS) is 35.0. The predicted octanol–water partition coefficient (Wildman–Crippen LogP) is 1.18. The summed E-state index contributed by atoms with van der Waals surface area (Å²) >= 11 is 0. The SMILES string of the molecule is CC(C)C(CO)NC(=O)C1C(C)OC(C)C1C. The second-order valence-electron chi connectivity index (χ2n) is 5.47. The smallest absolute Gasteiger partial charge is 0.226 e. The summed E-state index contributed by atoms with van der Waals surface area (Å²) in [6.45, 7) is 9.94. The van der Waals surface area contributed by atoms with Crippen molar-refractivity contribution in [2.75, 3.05) is 6.61 Å². The van der Waals surface area contributed by atoms with Crippen LogP contribution in [0.2, 0.25) is 0 Å². The highest BCUT2D eigenvalue weighted by Gasteiger charge is 2.42. The van der Waals surface area contributed by atoms with Gasteiger partial charge in [0.15, 0.2) is 0 Å². The minimum atomic E-state index is -0.169. The molecule has 0 saturated carbocycles. The van der Waals surface area contributed by atoms with Crippen molar-refractivity contribution in [2.24, 2.45) is 17.8 Å². The first kappa shape index (κ1) is 14.5. The molecule has 5 atom stereocenters. The van der Waals surface area contributed by atoms with Crippen LogP contribution in [-0.4, -0.2) is 35.9 Å². The standard InChI is InChI=1S/C13H25NO3/c1-7(2)11(6-15)14-13(16)12-8(3)9(4)17-10(12)5/h7-12,15H,6H2,1-5H3,(H,14,16). The molecule has 17 heavy (non-hydrogen) atoms. The first-order valence-corrected chi connectivity index (χ1v) is 6.45. The molecule has 1 aliphatic heterocycles. The average molecular weight is 243 g/mol. The second kappa shape index (κ2) is 5.83. The van der Waals surface area contributed by atoms with Crippen LogP contribution in [0.15, 0.2) is 0 Å². The van der Waals surface area contributed by atoms with Gasteiger partial charge in [-0.2, -0.15) is 0 Å². The summed E-state index contributed by atoms with van der Waals surface area (Å²) in [6.07, 6.45) is 0.0684. The molecule has 1 saturated heterocycles. The van der Waals surface area contributed by atoms with Crippen LogP contribution < -0.4 is 5.32 Å². The van der Waals surface area contributed by atoms with Gasteiger partial charge in [-0.15, -0.1) is 0 Å². The van der Waals surface area contributed by atoms with Gasteiger partial charge >= 0.3 is 0 Å². The minimum Gasteiger partial charge on any atom is -0.394 e. The van der Waals surface area contributed by atoms with Crippen molar-refractivity contribution >= 4 is 5.91 Å². The molecule has 0 radical (unpaired) electrons. The zero-order valence-corrected chi connectivity index (χ0v) is 11.4. The topological polar surface area (TPSA) is 58.6 Å². The van der Waals surface area contributed by atoms with Crippen molar-refractivity contribution in [1.29, 1.82) is 0 Å². The summed E-state index contributed by atoms with van der Waals surface area (Å²) in [5, 5.41) is 12.1. The summed E-state index contributed by atoms with van der Waals surface area (Å²) in [6, 6.07) is -0.169. The summed E-state index contributed by atoms with van der Waals surface area (Å²) in [5.74, 6) is 0.339. The van der Waals surface area contributed by atoms with Crippen molar-refractivity contribution in [1.82, 2.24) is 5.32 Å². The largest absolute Gasteiger partial charge is 0.394 e. The number of hydrogen-bond acceptors (Lipinski definition) is 3. The Kier molecular flexibility index (Phi) is 4.95. The van der Waals surface area contributed by atoms with Crippen LogP contribution in [0.1, 0.15) is 34.6 Å². The van der Waals surface area contributed by atoms with Crippen LogP contribution in [0.3, 0.4) is 0 Å². The van der Waals surface area contributed by atoms with Gasteiger partial charge in [0.1, 0.15) is 0 Å². The number of carbonyl (C=O) groups is 1. The molecule has 0 aliphatic carbocycles. The molecular weight excluding hydrogens is 218 g/mol. The Morgan fingerprint density at radius 1 is 1.29 bits per heavy atom. The maximum Gasteiger partial charge on any atom is 0.226 e. The monoisotopic (exact) mass is 243 g/mol. The van der Waals surface area contributed by atoms with Crippen molar-refractivity contribution in [3.63, 3.8) is 0 Å². The van der Waals surface area contributed by atoms with Gasteiger partial charge in [-0.3, -0.25) is 4.79 Å². The Morgan fingerprint density at radius 2 is 1.88 bits per heavy atom. The first-order valence-electron chi connectivity index (χ1n) is 6.45. The fourth-order valence-electron chi connectivity index (χ4n) is 2.42. The maximum absolute atomic E-state index is 12.2. The molecule has 1 aliphatic rings. The van der Waals surface area contributed by atoms with Crippen LogP contribution in [-0.2, 0) is 9.53 Å². The van der Waals surface area contributed by atoms with E-state index in [1.54, 1.807) is 0 Å². The Balaban J connectivity index is 2.64. The molecule has 5 unspecified atom stereocenters. The summed E-state index contributed by atoms with van der Waals surface area (Å²) in [4.78, 5) is 12.2. The van der Waals surface area contributed by atoms with Gasteiger partial charge in [-0.25, -0.2) is 0 Å². The van der Waals surface area contributed by atoms with Gasteiger partial charge in [-0.05, 0) is 25.7 Å². The Hall–Kier alpha value is -0.610. The number of aliphatic hydroxyl groups excluding tert-OH is 1. The lowest BCUT2D eigenvalue weighted by atomic mass is 9.88. The summed E-state index contributed by atoms with van der Waals surface area (Å²) in [5.41, 5.74) is 0. The zero-order valence-electron chi connectivity index (χ0n) is 11.4. The molecule has 1 fully saturated rings. The molecule has 1 amide bonds. The third kappa shape index (κ3) is 3.19. The van der Waals surface area contributed by atoms with Crippen LogP contribution in [0, 0.1) is 17.8 Å². The van der Waals surface area contributed by atoms with Gasteiger partial charge in [0.25, 0.3) is 0 Å². The molecule has 2 N–H and O–H groups in total. The molecule has 0 spiro atoms. The Morgan fingerprint density at radius 3 is 2.24 bits per heavy atom. The molecule has 100 valence electrons. The average Bonchev–Trinajstić information content (AvgIpc) is 2.49. The molecule has 4 nitrogen and oxygen atoms in total. The lowest BCUT2D eigenvalue weighted by Crippen LogP contribution is -2.46. The van der Waals surface area contributed by atoms with Gasteiger partial charge in [0.05, 0.1) is 30.8 Å². The maximum atomic E-state index is 12.2. The highest BCUT2D eigenvalue weighted by molar-refractivity contribution is 5.80. The molecule has 4 heteroatoms. The van der Waals surface area contributed by atoms with Crippen LogP contribution in [0.25, 0.3) is 0 Å². The number of aliphatic hydroxyl groups is 1. The van der Waals surface area contributed by atoms with Gasteiger partial charge in [0, 0.05) is 0 Å². The van der Waals surface area contributed by atoms with Crippen molar-refractivity contribution in [3.05, 3.63) is 0 Å². The van der Waals surface area contributed by atoms with Crippen LogP contribution >= 0.6 is 0 Å². The van der Waals surface area contributed by atoms with E-state index in [9.17, 15) is 9.90 Å². The van der Waals surface area contributed by atoms with E-state index in [0.29, 0.717) is 0 Å². The van der Waals surface area contributed by atoms with E-state index < -0.39 is 0 Å². The van der Waals surface area contributed by atoms with E-state index in [0.717, 1.165) is 0 Å². The molecule has 1 rings (SSSR count). The lowest BCUT2D eigenvalue weighted by Gasteiger charge is -2.24. The summed E-state index contributed by atoms with van der Waals surface area (Å²) < 4.78 is 5.66. The Labute approximate surface area is 104 Å². The number of ether oxygens (including phenoxy) is 1. The molecule has 0 bridgehead atoms. The van der Waals surface area contributed by atoms with Crippen molar-refractivity contribution < 1.29 is 14.6 Å². The van der Waals surface area contributed by atoms with Crippen LogP contribution in [0.5, 0.6) is 0 Å². The van der Waals surface area contributed by atoms with Gasteiger partial charge in [0.2, 0.25) is 5.91 Å². The zero-order chi connectivity index (χ0) is 13.2. The molecule has 1 heterocycles. The number of nitrogens with one attached hydrogen (secondary N) is 1. The van der Waals surface area contributed by atoms with E-state index in [2.05, 4.69) is 5.32 Å². The number of carbonyl (C=O) groups excluding carboxylic acids is 1.